The van der Waals surface area contributed by atoms with E-state index in [-0.39, 0.29) is 5.56 Å². The van der Waals surface area contributed by atoms with Crippen molar-refractivity contribution in [3.05, 3.63) is 82.6 Å². The maximum atomic E-state index is 12.8. The van der Waals surface area contributed by atoms with Crippen LogP contribution in [0.25, 0.3) is 44.5 Å². The fourth-order valence-corrected chi connectivity index (χ4v) is 4.34. The Labute approximate surface area is 188 Å². The molecule has 0 aliphatic heterocycles. The van der Waals surface area contributed by atoms with E-state index in [0.29, 0.717) is 21.8 Å². The van der Waals surface area contributed by atoms with Gasteiger partial charge in [0.1, 0.15) is 0 Å². The summed E-state index contributed by atoms with van der Waals surface area (Å²) in [5.74, 6) is 0. The highest BCUT2D eigenvalue weighted by Gasteiger charge is 2.17. The van der Waals surface area contributed by atoms with Gasteiger partial charge in [-0.1, -0.05) is 53.8 Å². The third-order valence-electron chi connectivity index (χ3n) is 5.34. The van der Waals surface area contributed by atoms with Gasteiger partial charge in [-0.3, -0.25) is 4.79 Å². The Morgan fingerprint density at radius 3 is 2.44 bits per heavy atom. The Balaban J connectivity index is 1.82. The molecule has 2 aromatic carbocycles. The number of hydrogen-bond donors (Lipinski definition) is 2. The van der Waals surface area contributed by atoms with Crippen molar-refractivity contribution < 1.29 is 4.74 Å². The van der Waals surface area contributed by atoms with Gasteiger partial charge in [-0.2, -0.15) is 0 Å². The van der Waals surface area contributed by atoms with Crippen LogP contribution in [0.15, 0.2) is 77.0 Å². The van der Waals surface area contributed by atoms with E-state index in [9.17, 15) is 4.79 Å². The number of ether oxygens (including phenoxy) is 1. The largest absolute Gasteiger partial charge is 0.473 e. The van der Waals surface area contributed by atoms with Gasteiger partial charge in [-0.15, -0.1) is 0 Å². The van der Waals surface area contributed by atoms with Crippen molar-refractivity contribution in [2.75, 3.05) is 19.5 Å². The molecule has 0 aliphatic carbocycles. The van der Waals surface area contributed by atoms with Gasteiger partial charge in [0.2, 0.25) is 0 Å². The first kappa shape index (κ1) is 20.0. The van der Waals surface area contributed by atoms with Crippen LogP contribution in [-0.4, -0.2) is 29.1 Å². The second-order valence-electron chi connectivity index (χ2n) is 7.21. The summed E-state index contributed by atoms with van der Waals surface area (Å²) in [6.45, 7) is 0. The van der Waals surface area contributed by atoms with E-state index in [4.69, 9.17) is 9.72 Å². The topological polar surface area (TPSA) is 79.9 Å². The van der Waals surface area contributed by atoms with Crippen molar-refractivity contribution in [1.29, 1.82) is 0 Å². The molecule has 7 heteroatoms. The quantitative estimate of drug-likeness (QED) is 0.381. The molecule has 5 rings (SSSR count). The predicted octanol–water partition coefficient (Wildman–Crippen LogP) is 5.43. The Hall–Kier alpha value is -3.97. The minimum Gasteiger partial charge on any atom is -0.473 e. The lowest BCUT2D eigenvalue weighted by Gasteiger charge is -2.13. The van der Waals surface area contributed by atoms with Crippen LogP contribution in [0.4, 0.5) is 5.69 Å². The molecule has 0 bridgehead atoms. The summed E-state index contributed by atoms with van der Waals surface area (Å²) in [6, 6.07) is 20.0. The van der Waals surface area contributed by atoms with Crippen LogP contribution in [0.1, 0.15) is 0 Å². The molecule has 0 saturated heterocycles. The van der Waals surface area contributed by atoms with Crippen molar-refractivity contribution in [2.45, 2.75) is 0 Å². The lowest BCUT2D eigenvalue weighted by atomic mass is 9.97. The molecule has 0 aliphatic rings. The number of nitrogens with one attached hydrogen (secondary N) is 2. The molecule has 3 aromatic heterocycles. The maximum absolute atomic E-state index is 12.8. The number of fused-ring (bicyclic) bond motifs is 1. The molecule has 32 heavy (non-hydrogen) atoms. The predicted molar refractivity (Wildman–Crippen MR) is 130 cm³/mol. The Kier molecular flexibility index (Phi) is 5.17. The molecular weight excluding hydrogens is 420 g/mol. The summed E-state index contributed by atoms with van der Waals surface area (Å²) in [5.41, 5.74) is 6.57. The van der Waals surface area contributed by atoms with E-state index >= 15 is 0 Å². The number of methoxy groups -OCH3 is 1. The molecule has 5 aromatic rings. The first-order valence-electron chi connectivity index (χ1n) is 10.1. The van der Waals surface area contributed by atoms with Crippen LogP contribution in [0.3, 0.4) is 0 Å². The fourth-order valence-electron chi connectivity index (χ4n) is 3.70. The Bertz CT molecular complexity index is 1460. The molecule has 0 amide bonds. The number of pyridine rings is 2. The van der Waals surface area contributed by atoms with Crippen molar-refractivity contribution in [1.82, 2.24) is 15.0 Å². The molecule has 0 radical (unpaired) electrons. The first-order valence-corrected chi connectivity index (χ1v) is 11.0. The number of aromatic nitrogens is 3. The van der Waals surface area contributed by atoms with Crippen molar-refractivity contribution >= 4 is 27.9 Å². The summed E-state index contributed by atoms with van der Waals surface area (Å²) in [6.07, 6.45) is 1.67. The van der Waals surface area contributed by atoms with Gasteiger partial charge in [0, 0.05) is 41.0 Å². The number of H-pyrrole nitrogens is 1. The minimum atomic E-state index is -0.187. The number of thiazole rings is 1. The highest BCUT2D eigenvalue weighted by atomic mass is 32.1. The van der Waals surface area contributed by atoms with Gasteiger partial charge in [0.15, 0.2) is 0 Å². The SMILES string of the molecule is CNc1ccc(-c2nc3c(-c4csc(OC)n4)c[nH]c(=O)c3cc2-c2ccccc2)cc1. The van der Waals surface area contributed by atoms with Crippen molar-refractivity contribution in [3.63, 3.8) is 0 Å². The normalized spacial score (nSPS) is 10.9. The number of rotatable bonds is 5. The van der Waals surface area contributed by atoms with Gasteiger partial charge < -0.3 is 15.0 Å². The number of benzene rings is 2. The standard InChI is InChI=1S/C25H20N4O2S/c1-26-17-10-8-16(9-11-17)22-18(15-6-4-3-5-7-15)12-19-23(29-22)20(13-27-24(19)30)21-14-32-25(28-21)31-2/h3-14,26H,1-2H3,(H,27,30). The Morgan fingerprint density at radius 1 is 0.969 bits per heavy atom. The van der Waals surface area contributed by atoms with E-state index in [1.165, 1.54) is 11.3 Å². The third kappa shape index (κ3) is 3.52. The van der Waals surface area contributed by atoms with E-state index in [0.717, 1.165) is 33.6 Å². The summed E-state index contributed by atoms with van der Waals surface area (Å²) in [5, 5.41) is 6.12. The third-order valence-corrected chi connectivity index (χ3v) is 6.14. The smallest absolute Gasteiger partial charge is 0.273 e. The molecule has 0 spiro atoms. The summed E-state index contributed by atoms with van der Waals surface area (Å²) < 4.78 is 5.25. The van der Waals surface area contributed by atoms with E-state index in [2.05, 4.69) is 15.3 Å². The van der Waals surface area contributed by atoms with Gasteiger partial charge in [0.05, 0.1) is 29.4 Å². The zero-order valence-corrected chi connectivity index (χ0v) is 18.4. The molecule has 2 N–H and O–H groups in total. The molecule has 0 atom stereocenters. The zero-order valence-electron chi connectivity index (χ0n) is 17.5. The van der Waals surface area contributed by atoms with Crippen LogP contribution in [-0.2, 0) is 0 Å². The van der Waals surface area contributed by atoms with E-state index < -0.39 is 0 Å². The van der Waals surface area contributed by atoms with E-state index in [1.54, 1.807) is 13.3 Å². The number of aromatic amines is 1. The average Bonchev–Trinajstić information content (AvgIpc) is 3.33. The van der Waals surface area contributed by atoms with Crippen LogP contribution in [0.5, 0.6) is 5.19 Å². The minimum absolute atomic E-state index is 0.187. The summed E-state index contributed by atoms with van der Waals surface area (Å²) in [4.78, 5) is 25.2. The lowest BCUT2D eigenvalue weighted by Crippen LogP contribution is -2.08. The van der Waals surface area contributed by atoms with Crippen LogP contribution in [0.2, 0.25) is 0 Å². The van der Waals surface area contributed by atoms with Gasteiger partial charge in [-0.05, 0) is 23.8 Å². The molecule has 3 heterocycles. The first-order chi connectivity index (χ1) is 15.7. The van der Waals surface area contributed by atoms with Crippen LogP contribution < -0.4 is 15.6 Å². The summed E-state index contributed by atoms with van der Waals surface area (Å²) >= 11 is 1.40. The molecule has 6 nitrogen and oxygen atoms in total. The number of hydrogen-bond acceptors (Lipinski definition) is 6. The van der Waals surface area contributed by atoms with E-state index in [1.807, 2.05) is 73.1 Å². The number of anilines is 1. The fraction of sp³-hybridized carbons (Fsp3) is 0.0800. The highest BCUT2D eigenvalue weighted by molar-refractivity contribution is 7.11. The van der Waals surface area contributed by atoms with Gasteiger partial charge in [-0.25, -0.2) is 9.97 Å². The molecular formula is C25H20N4O2S. The maximum Gasteiger partial charge on any atom is 0.273 e. The number of nitrogens with zero attached hydrogens (tertiary/aromatic N) is 2. The van der Waals surface area contributed by atoms with Crippen molar-refractivity contribution in [2.24, 2.45) is 0 Å². The van der Waals surface area contributed by atoms with Crippen molar-refractivity contribution in [3.8, 4) is 38.8 Å². The van der Waals surface area contributed by atoms with Gasteiger partial charge in [0.25, 0.3) is 10.8 Å². The van der Waals surface area contributed by atoms with Crippen LogP contribution >= 0.6 is 11.3 Å². The monoisotopic (exact) mass is 440 g/mol. The molecule has 0 fully saturated rings. The second kappa shape index (κ2) is 8.28. The van der Waals surface area contributed by atoms with Crippen LogP contribution in [0, 0.1) is 0 Å². The van der Waals surface area contributed by atoms with Gasteiger partial charge >= 0.3 is 0 Å². The summed E-state index contributed by atoms with van der Waals surface area (Å²) in [7, 11) is 3.48. The highest BCUT2D eigenvalue weighted by Crippen LogP contribution is 2.36. The zero-order chi connectivity index (χ0) is 22.1. The second-order valence-corrected chi connectivity index (χ2v) is 8.03. The lowest BCUT2D eigenvalue weighted by molar-refractivity contribution is 0.412. The average molecular weight is 441 g/mol. The molecule has 158 valence electrons. The molecule has 0 unspecified atom stereocenters. The molecule has 0 saturated carbocycles. The Morgan fingerprint density at radius 2 is 1.75 bits per heavy atom.